The van der Waals surface area contributed by atoms with E-state index in [1.807, 2.05) is 6.07 Å². The van der Waals surface area contributed by atoms with Crippen LogP contribution in [0, 0.1) is 5.92 Å². The molecular formula is C13H16O2. The van der Waals surface area contributed by atoms with Crippen molar-refractivity contribution in [3.8, 4) is 5.75 Å². The maximum absolute atomic E-state index is 10.5. The fourth-order valence-corrected chi connectivity index (χ4v) is 2.27. The Morgan fingerprint density at radius 2 is 2.33 bits per heavy atom. The number of rotatable bonds is 3. The highest BCUT2D eigenvalue weighted by Crippen LogP contribution is 2.29. The molecular weight excluding hydrogens is 188 g/mol. The topological polar surface area (TPSA) is 26.3 Å². The lowest BCUT2D eigenvalue weighted by molar-refractivity contribution is -0.108. The van der Waals surface area contributed by atoms with Gasteiger partial charge in [0.05, 0.1) is 7.11 Å². The van der Waals surface area contributed by atoms with Crippen molar-refractivity contribution in [1.82, 2.24) is 0 Å². The molecule has 0 heterocycles. The second-order valence-electron chi connectivity index (χ2n) is 4.15. The number of fused-ring (bicyclic) bond motifs is 1. The first-order chi connectivity index (χ1) is 7.33. The molecule has 2 heteroatoms. The highest BCUT2D eigenvalue weighted by molar-refractivity contribution is 5.50. The van der Waals surface area contributed by atoms with Gasteiger partial charge in [-0.3, -0.25) is 0 Å². The molecule has 15 heavy (non-hydrogen) atoms. The lowest BCUT2D eigenvalue weighted by Gasteiger charge is -2.23. The Morgan fingerprint density at radius 3 is 3.07 bits per heavy atom. The lowest BCUT2D eigenvalue weighted by Crippen LogP contribution is -2.14. The summed E-state index contributed by atoms with van der Waals surface area (Å²) < 4.78 is 5.20. The van der Waals surface area contributed by atoms with E-state index in [2.05, 4.69) is 12.1 Å². The van der Waals surface area contributed by atoms with E-state index in [-0.39, 0.29) is 0 Å². The van der Waals surface area contributed by atoms with E-state index < -0.39 is 0 Å². The van der Waals surface area contributed by atoms with Gasteiger partial charge in [0.15, 0.2) is 0 Å². The number of ether oxygens (including phenoxy) is 1. The molecule has 1 aromatic carbocycles. The van der Waals surface area contributed by atoms with E-state index in [1.165, 1.54) is 11.1 Å². The lowest BCUT2D eigenvalue weighted by atomic mass is 9.82. The molecule has 0 amide bonds. The number of hydrogen-bond donors (Lipinski definition) is 0. The summed E-state index contributed by atoms with van der Waals surface area (Å²) in [7, 11) is 1.69. The molecule has 0 bridgehead atoms. The van der Waals surface area contributed by atoms with Gasteiger partial charge < -0.3 is 9.53 Å². The molecule has 1 aliphatic rings. The first-order valence-corrected chi connectivity index (χ1v) is 5.43. The van der Waals surface area contributed by atoms with Gasteiger partial charge in [-0.05, 0) is 48.4 Å². The maximum atomic E-state index is 10.5. The van der Waals surface area contributed by atoms with Gasteiger partial charge in [-0.1, -0.05) is 6.07 Å². The second-order valence-corrected chi connectivity index (χ2v) is 4.15. The van der Waals surface area contributed by atoms with Crippen molar-refractivity contribution in [1.29, 1.82) is 0 Å². The highest BCUT2D eigenvalue weighted by Gasteiger charge is 2.18. The number of carbonyl (C=O) groups excluding carboxylic acids is 1. The molecule has 1 aromatic rings. The van der Waals surface area contributed by atoms with Crippen LogP contribution in [0.25, 0.3) is 0 Å². The molecule has 0 N–H and O–H groups in total. The third-order valence-corrected chi connectivity index (χ3v) is 3.17. The third kappa shape index (κ3) is 2.20. The molecule has 1 unspecified atom stereocenters. The van der Waals surface area contributed by atoms with Crippen LogP contribution in [0.15, 0.2) is 18.2 Å². The Bertz CT molecular complexity index is 358. The Kier molecular flexibility index (Phi) is 3.05. The summed E-state index contributed by atoms with van der Waals surface area (Å²) in [6, 6.07) is 6.25. The smallest absolute Gasteiger partial charge is 0.120 e. The standard InChI is InChI=1S/C13H16O2/c1-15-13-5-4-11-8-10(6-7-14)2-3-12(11)9-13/h4-5,7,9-10H,2-3,6,8H2,1H3. The van der Waals surface area contributed by atoms with Crippen LogP contribution in [-0.4, -0.2) is 13.4 Å². The van der Waals surface area contributed by atoms with E-state index in [4.69, 9.17) is 4.74 Å². The van der Waals surface area contributed by atoms with Crippen molar-refractivity contribution in [2.45, 2.75) is 25.7 Å². The largest absolute Gasteiger partial charge is 0.497 e. The number of hydrogen-bond acceptors (Lipinski definition) is 2. The number of aldehydes is 1. The summed E-state index contributed by atoms with van der Waals surface area (Å²) in [5, 5.41) is 0. The molecule has 2 nitrogen and oxygen atoms in total. The van der Waals surface area contributed by atoms with Gasteiger partial charge in [-0.2, -0.15) is 0 Å². The van der Waals surface area contributed by atoms with E-state index in [0.29, 0.717) is 12.3 Å². The van der Waals surface area contributed by atoms with E-state index in [9.17, 15) is 4.79 Å². The van der Waals surface area contributed by atoms with Crippen LogP contribution in [0.2, 0.25) is 0 Å². The molecule has 80 valence electrons. The van der Waals surface area contributed by atoms with Gasteiger partial charge in [-0.15, -0.1) is 0 Å². The van der Waals surface area contributed by atoms with E-state index >= 15 is 0 Å². The molecule has 0 spiro atoms. The van der Waals surface area contributed by atoms with Gasteiger partial charge in [0.1, 0.15) is 12.0 Å². The fourth-order valence-electron chi connectivity index (χ4n) is 2.27. The Hall–Kier alpha value is -1.31. The summed E-state index contributed by atoms with van der Waals surface area (Å²) in [6.07, 6.45) is 4.98. The molecule has 0 saturated carbocycles. The van der Waals surface area contributed by atoms with Crippen molar-refractivity contribution >= 4 is 6.29 Å². The van der Waals surface area contributed by atoms with E-state index in [1.54, 1.807) is 7.11 Å². The number of methoxy groups -OCH3 is 1. The first-order valence-electron chi connectivity index (χ1n) is 5.43. The van der Waals surface area contributed by atoms with Crippen LogP contribution in [0.1, 0.15) is 24.0 Å². The number of carbonyl (C=O) groups is 1. The van der Waals surface area contributed by atoms with Gasteiger partial charge in [0, 0.05) is 6.42 Å². The summed E-state index contributed by atoms with van der Waals surface area (Å²) in [5.41, 5.74) is 2.77. The van der Waals surface area contributed by atoms with Crippen LogP contribution < -0.4 is 4.74 Å². The average Bonchev–Trinajstić information content (AvgIpc) is 2.29. The first kappa shape index (κ1) is 10.2. The van der Waals surface area contributed by atoms with Gasteiger partial charge in [0.2, 0.25) is 0 Å². The predicted molar refractivity (Wildman–Crippen MR) is 59.2 cm³/mol. The molecule has 2 rings (SSSR count). The summed E-state index contributed by atoms with van der Waals surface area (Å²) in [5.74, 6) is 1.48. The number of benzene rings is 1. The van der Waals surface area contributed by atoms with Crippen LogP contribution in [0.4, 0.5) is 0 Å². The minimum absolute atomic E-state index is 0.545. The van der Waals surface area contributed by atoms with Crippen LogP contribution in [0.3, 0.4) is 0 Å². The number of aryl methyl sites for hydroxylation is 1. The third-order valence-electron chi connectivity index (χ3n) is 3.17. The Balaban J connectivity index is 2.17. The minimum atomic E-state index is 0.545. The quantitative estimate of drug-likeness (QED) is 0.707. The monoisotopic (exact) mass is 204 g/mol. The molecule has 0 aliphatic heterocycles. The summed E-state index contributed by atoms with van der Waals surface area (Å²) in [6.45, 7) is 0. The SMILES string of the molecule is COc1ccc2c(c1)CCC(CC=O)C2. The summed E-state index contributed by atoms with van der Waals surface area (Å²) >= 11 is 0. The van der Waals surface area contributed by atoms with Crippen LogP contribution >= 0.6 is 0 Å². The molecule has 0 fully saturated rings. The van der Waals surface area contributed by atoms with Crippen molar-refractivity contribution in [3.05, 3.63) is 29.3 Å². The zero-order chi connectivity index (χ0) is 10.7. The van der Waals surface area contributed by atoms with Crippen molar-refractivity contribution in [3.63, 3.8) is 0 Å². The molecule has 1 atom stereocenters. The zero-order valence-corrected chi connectivity index (χ0v) is 9.03. The predicted octanol–water partition coefficient (Wildman–Crippen LogP) is 2.39. The molecule has 1 aliphatic carbocycles. The van der Waals surface area contributed by atoms with Crippen molar-refractivity contribution in [2.24, 2.45) is 5.92 Å². The molecule has 0 saturated heterocycles. The van der Waals surface area contributed by atoms with Gasteiger partial charge >= 0.3 is 0 Å². The minimum Gasteiger partial charge on any atom is -0.497 e. The van der Waals surface area contributed by atoms with Crippen LogP contribution in [-0.2, 0) is 17.6 Å². The van der Waals surface area contributed by atoms with Crippen LogP contribution in [0.5, 0.6) is 5.75 Å². The van der Waals surface area contributed by atoms with E-state index in [0.717, 1.165) is 31.3 Å². The fraction of sp³-hybridized carbons (Fsp3) is 0.462. The Morgan fingerprint density at radius 1 is 1.47 bits per heavy atom. The highest BCUT2D eigenvalue weighted by atomic mass is 16.5. The van der Waals surface area contributed by atoms with Crippen molar-refractivity contribution < 1.29 is 9.53 Å². The average molecular weight is 204 g/mol. The van der Waals surface area contributed by atoms with Gasteiger partial charge in [-0.25, -0.2) is 0 Å². The normalized spacial score (nSPS) is 19.4. The zero-order valence-electron chi connectivity index (χ0n) is 9.03. The molecule has 0 aromatic heterocycles. The van der Waals surface area contributed by atoms with Crippen molar-refractivity contribution in [2.75, 3.05) is 7.11 Å². The maximum Gasteiger partial charge on any atom is 0.120 e. The Labute approximate surface area is 90.3 Å². The second kappa shape index (κ2) is 4.47. The molecule has 0 radical (unpaired) electrons. The van der Waals surface area contributed by atoms with Gasteiger partial charge in [0.25, 0.3) is 0 Å². The summed E-state index contributed by atoms with van der Waals surface area (Å²) in [4.78, 5) is 10.5.